The summed E-state index contributed by atoms with van der Waals surface area (Å²) in [6.07, 6.45) is 4.75. The van der Waals surface area contributed by atoms with Crippen LogP contribution in [0.1, 0.15) is 12.8 Å². The molecule has 0 radical (unpaired) electrons. The highest BCUT2D eigenvalue weighted by Gasteiger charge is 2.27. The first kappa shape index (κ1) is 17.7. The first-order valence-corrected chi connectivity index (χ1v) is 9.40. The van der Waals surface area contributed by atoms with E-state index in [-0.39, 0.29) is 17.4 Å². The highest BCUT2D eigenvalue weighted by Crippen LogP contribution is 2.22. The number of carbonyl (C=O) groups excluding carboxylic acids is 1. The lowest BCUT2D eigenvalue weighted by Crippen LogP contribution is -2.42. The van der Waals surface area contributed by atoms with E-state index in [0.717, 1.165) is 23.9 Å². The number of rotatable bonds is 3. The molecule has 0 saturated carbocycles. The summed E-state index contributed by atoms with van der Waals surface area (Å²) in [6, 6.07) is 3.57. The maximum Gasteiger partial charge on any atom is 0.263 e. The largest absolute Gasteiger partial charge is 0.341 e. The van der Waals surface area contributed by atoms with E-state index in [1.807, 2.05) is 11.0 Å². The zero-order chi connectivity index (χ0) is 19.0. The summed E-state index contributed by atoms with van der Waals surface area (Å²) < 4.78 is 2.42. The van der Waals surface area contributed by atoms with Crippen molar-refractivity contribution in [2.24, 2.45) is 13.0 Å². The van der Waals surface area contributed by atoms with Crippen molar-refractivity contribution in [1.29, 1.82) is 0 Å². The molecular formula is C17H18BrN7O2. The average Bonchev–Trinajstić information content (AvgIpc) is 3.05. The number of pyridine rings is 1. The molecule has 1 saturated heterocycles. The van der Waals surface area contributed by atoms with Gasteiger partial charge in [-0.1, -0.05) is 0 Å². The standard InChI is InChI=1S/C17H18BrN7O2/c1-24-14-12(8-20-24)16(27)23-17(22-14)25-6-2-3-10(9-25)15(26)21-13-5-4-11(18)7-19-13/h4-5,7-8,10H,2-3,6,9H2,1H3,(H,19,21,26)(H,22,23,27). The third-order valence-electron chi connectivity index (χ3n) is 4.66. The second-order valence-electron chi connectivity index (χ2n) is 6.53. The molecule has 10 heteroatoms. The SMILES string of the molecule is Cn1ncc2c(=O)[nH]c(N3CCCC(C(=O)Nc4ccc(Br)cn4)C3)nc21. The number of carbonyl (C=O) groups is 1. The van der Waals surface area contributed by atoms with Crippen molar-refractivity contribution in [2.45, 2.75) is 12.8 Å². The van der Waals surface area contributed by atoms with Crippen LogP contribution in [0.2, 0.25) is 0 Å². The Labute approximate surface area is 162 Å². The second kappa shape index (κ2) is 7.10. The molecule has 1 atom stereocenters. The molecule has 27 heavy (non-hydrogen) atoms. The number of anilines is 2. The molecule has 1 amide bonds. The van der Waals surface area contributed by atoms with Crippen molar-refractivity contribution in [1.82, 2.24) is 24.7 Å². The topological polar surface area (TPSA) is 109 Å². The van der Waals surface area contributed by atoms with Crippen LogP contribution in [0.3, 0.4) is 0 Å². The molecule has 9 nitrogen and oxygen atoms in total. The first-order valence-electron chi connectivity index (χ1n) is 8.60. The van der Waals surface area contributed by atoms with E-state index in [1.54, 1.807) is 24.0 Å². The maximum atomic E-state index is 12.6. The Kier molecular flexibility index (Phi) is 4.65. The van der Waals surface area contributed by atoms with Gasteiger partial charge in [0.05, 0.1) is 12.1 Å². The number of fused-ring (bicyclic) bond motifs is 1. The summed E-state index contributed by atoms with van der Waals surface area (Å²) in [7, 11) is 1.75. The van der Waals surface area contributed by atoms with Crippen LogP contribution in [-0.4, -0.2) is 43.7 Å². The van der Waals surface area contributed by atoms with Gasteiger partial charge in [0.2, 0.25) is 11.9 Å². The molecule has 140 valence electrons. The fourth-order valence-corrected chi connectivity index (χ4v) is 3.47. The van der Waals surface area contributed by atoms with Gasteiger partial charge in [0.25, 0.3) is 5.56 Å². The fourth-order valence-electron chi connectivity index (χ4n) is 3.23. The van der Waals surface area contributed by atoms with E-state index in [4.69, 9.17) is 0 Å². The molecule has 1 aliphatic rings. The Morgan fingerprint density at radius 1 is 1.37 bits per heavy atom. The van der Waals surface area contributed by atoms with Gasteiger partial charge < -0.3 is 10.2 Å². The molecular weight excluding hydrogens is 414 g/mol. The van der Waals surface area contributed by atoms with Crippen LogP contribution in [0.15, 0.2) is 33.8 Å². The number of nitrogens with one attached hydrogen (secondary N) is 2. The van der Waals surface area contributed by atoms with E-state index in [2.05, 4.69) is 41.3 Å². The number of H-pyrrole nitrogens is 1. The summed E-state index contributed by atoms with van der Waals surface area (Å²) in [5.74, 6) is 0.689. The van der Waals surface area contributed by atoms with Crippen molar-refractivity contribution in [2.75, 3.05) is 23.3 Å². The van der Waals surface area contributed by atoms with E-state index in [0.29, 0.717) is 29.3 Å². The predicted molar refractivity (Wildman–Crippen MR) is 105 cm³/mol. The lowest BCUT2D eigenvalue weighted by atomic mass is 9.97. The molecule has 1 fully saturated rings. The number of aryl methyl sites for hydroxylation is 1. The third-order valence-corrected chi connectivity index (χ3v) is 5.13. The van der Waals surface area contributed by atoms with Crippen molar-refractivity contribution >= 4 is 44.6 Å². The van der Waals surface area contributed by atoms with E-state index < -0.39 is 0 Å². The number of hydrogen-bond acceptors (Lipinski definition) is 6. The summed E-state index contributed by atoms with van der Waals surface area (Å²) in [6.45, 7) is 1.21. The van der Waals surface area contributed by atoms with Crippen LogP contribution < -0.4 is 15.8 Å². The minimum atomic E-state index is -0.228. The van der Waals surface area contributed by atoms with Crippen LogP contribution in [0.25, 0.3) is 11.0 Å². The van der Waals surface area contributed by atoms with Gasteiger partial charge in [-0.25, -0.2) is 4.98 Å². The number of piperidine rings is 1. The Balaban J connectivity index is 1.52. The Morgan fingerprint density at radius 2 is 2.22 bits per heavy atom. The van der Waals surface area contributed by atoms with Gasteiger partial charge in [-0.2, -0.15) is 10.1 Å². The number of halogens is 1. The molecule has 3 aromatic heterocycles. The minimum Gasteiger partial charge on any atom is -0.341 e. The molecule has 1 unspecified atom stereocenters. The van der Waals surface area contributed by atoms with Gasteiger partial charge >= 0.3 is 0 Å². The fraction of sp³-hybridized carbons (Fsp3) is 0.353. The van der Waals surface area contributed by atoms with E-state index in [1.165, 1.54) is 6.20 Å². The Hall–Kier alpha value is -2.75. The summed E-state index contributed by atoms with van der Waals surface area (Å²) >= 11 is 3.32. The maximum absolute atomic E-state index is 12.6. The average molecular weight is 432 g/mol. The lowest BCUT2D eigenvalue weighted by Gasteiger charge is -2.32. The van der Waals surface area contributed by atoms with Crippen LogP contribution in [0, 0.1) is 5.92 Å². The Morgan fingerprint density at radius 3 is 3.00 bits per heavy atom. The number of aromatic nitrogens is 5. The molecule has 4 rings (SSSR count). The van der Waals surface area contributed by atoms with Gasteiger partial charge in [-0.05, 0) is 40.9 Å². The van der Waals surface area contributed by atoms with E-state index >= 15 is 0 Å². The van der Waals surface area contributed by atoms with Gasteiger partial charge in [-0.3, -0.25) is 19.3 Å². The van der Waals surface area contributed by atoms with Crippen molar-refractivity contribution in [3.8, 4) is 0 Å². The number of nitrogens with zero attached hydrogens (tertiary/aromatic N) is 5. The zero-order valence-corrected chi connectivity index (χ0v) is 16.2. The molecule has 0 aliphatic carbocycles. The second-order valence-corrected chi connectivity index (χ2v) is 7.45. The summed E-state index contributed by atoms with van der Waals surface area (Å²) in [5, 5.41) is 7.39. The van der Waals surface area contributed by atoms with Gasteiger partial charge in [-0.15, -0.1) is 0 Å². The van der Waals surface area contributed by atoms with Gasteiger partial charge in [0, 0.05) is 30.8 Å². The Bertz CT molecular complexity index is 1040. The van der Waals surface area contributed by atoms with Crippen LogP contribution >= 0.6 is 15.9 Å². The molecule has 0 bridgehead atoms. The molecule has 2 N–H and O–H groups in total. The summed E-state index contributed by atoms with van der Waals surface area (Å²) in [4.78, 5) is 38.4. The molecule has 1 aliphatic heterocycles. The monoisotopic (exact) mass is 431 g/mol. The zero-order valence-electron chi connectivity index (χ0n) is 14.6. The lowest BCUT2D eigenvalue weighted by molar-refractivity contribution is -0.120. The molecule has 4 heterocycles. The highest BCUT2D eigenvalue weighted by molar-refractivity contribution is 9.10. The number of amides is 1. The van der Waals surface area contributed by atoms with E-state index in [9.17, 15) is 9.59 Å². The number of hydrogen-bond donors (Lipinski definition) is 2. The highest BCUT2D eigenvalue weighted by atomic mass is 79.9. The van der Waals surface area contributed by atoms with Gasteiger partial charge in [0.1, 0.15) is 11.2 Å². The first-order chi connectivity index (χ1) is 13.0. The van der Waals surface area contributed by atoms with Crippen molar-refractivity contribution < 1.29 is 4.79 Å². The number of aromatic amines is 1. The van der Waals surface area contributed by atoms with Crippen LogP contribution in [0.4, 0.5) is 11.8 Å². The normalized spacial score (nSPS) is 17.3. The molecule has 0 aromatic carbocycles. The minimum absolute atomic E-state index is 0.0847. The molecule has 3 aromatic rings. The molecule has 0 spiro atoms. The van der Waals surface area contributed by atoms with Crippen molar-refractivity contribution in [3.63, 3.8) is 0 Å². The van der Waals surface area contributed by atoms with Gasteiger partial charge in [0.15, 0.2) is 5.65 Å². The van der Waals surface area contributed by atoms with Crippen LogP contribution in [0.5, 0.6) is 0 Å². The van der Waals surface area contributed by atoms with Crippen molar-refractivity contribution in [3.05, 3.63) is 39.4 Å². The van der Waals surface area contributed by atoms with Crippen LogP contribution in [-0.2, 0) is 11.8 Å². The quantitative estimate of drug-likeness (QED) is 0.652. The third kappa shape index (κ3) is 3.57. The smallest absolute Gasteiger partial charge is 0.263 e. The predicted octanol–water partition coefficient (Wildman–Crippen LogP) is 1.67. The summed E-state index contributed by atoms with van der Waals surface area (Å²) in [5.41, 5.74) is 0.299.